The Morgan fingerprint density at radius 2 is 2.31 bits per heavy atom. The summed E-state index contributed by atoms with van der Waals surface area (Å²) in [5.41, 5.74) is 6.66. The van der Waals surface area contributed by atoms with E-state index in [9.17, 15) is 0 Å². The van der Waals surface area contributed by atoms with Gasteiger partial charge in [-0.15, -0.1) is 0 Å². The van der Waals surface area contributed by atoms with Crippen LogP contribution in [0.2, 0.25) is 0 Å². The van der Waals surface area contributed by atoms with Gasteiger partial charge in [-0.25, -0.2) is 4.99 Å². The summed E-state index contributed by atoms with van der Waals surface area (Å²) in [5.74, 6) is 1.33. The summed E-state index contributed by atoms with van der Waals surface area (Å²) in [6.07, 6.45) is 3.66. The zero-order valence-corrected chi connectivity index (χ0v) is 10.2. The number of nitrogens with zero attached hydrogens (tertiary/aromatic N) is 1. The van der Waals surface area contributed by atoms with Crippen molar-refractivity contribution in [2.75, 3.05) is 26.3 Å². The Balaban J connectivity index is 1.88. The molecule has 0 saturated heterocycles. The Bertz CT molecular complexity index is 247. The van der Waals surface area contributed by atoms with Gasteiger partial charge in [0.2, 0.25) is 0 Å². The molecule has 1 aliphatic rings. The molecule has 0 unspecified atom stereocenters. The van der Waals surface area contributed by atoms with E-state index in [4.69, 9.17) is 10.5 Å². The third-order valence-electron chi connectivity index (χ3n) is 2.34. The molecule has 0 bridgehead atoms. The highest BCUT2D eigenvalue weighted by Gasteiger charge is 2.20. The average Bonchev–Trinajstić information content (AvgIpc) is 3.04. The number of hydrogen-bond donors (Lipinski definition) is 2. The molecule has 1 fully saturated rings. The Labute approximate surface area is 98.0 Å². The summed E-state index contributed by atoms with van der Waals surface area (Å²) in [4.78, 5) is 4.12. The van der Waals surface area contributed by atoms with Crippen LogP contribution in [-0.2, 0) is 4.74 Å². The summed E-state index contributed by atoms with van der Waals surface area (Å²) in [7, 11) is 0. The molecule has 0 aromatic rings. The highest BCUT2D eigenvalue weighted by Crippen LogP contribution is 2.28. The van der Waals surface area contributed by atoms with Crippen LogP contribution in [0.1, 0.15) is 26.2 Å². The molecule has 0 amide bonds. The topological polar surface area (TPSA) is 59.6 Å². The van der Waals surface area contributed by atoms with E-state index < -0.39 is 0 Å². The number of rotatable bonds is 8. The van der Waals surface area contributed by atoms with Gasteiger partial charge in [0.1, 0.15) is 0 Å². The Morgan fingerprint density at radius 3 is 2.94 bits per heavy atom. The molecule has 0 spiro atoms. The van der Waals surface area contributed by atoms with Crippen LogP contribution in [0.15, 0.2) is 17.1 Å². The fraction of sp³-hybridized carbons (Fsp3) is 0.750. The van der Waals surface area contributed by atoms with Crippen molar-refractivity contribution in [2.24, 2.45) is 16.6 Å². The predicted octanol–water partition coefficient (Wildman–Crippen LogP) is 1.28. The van der Waals surface area contributed by atoms with Gasteiger partial charge in [0.25, 0.3) is 0 Å². The number of nitrogens with one attached hydrogen (secondary N) is 1. The van der Waals surface area contributed by atoms with Crippen LogP contribution in [0, 0.1) is 5.92 Å². The Hall–Kier alpha value is -1.03. The van der Waals surface area contributed by atoms with Gasteiger partial charge in [0.05, 0.1) is 6.54 Å². The smallest absolute Gasteiger partial charge is 0.188 e. The summed E-state index contributed by atoms with van der Waals surface area (Å²) >= 11 is 0. The summed E-state index contributed by atoms with van der Waals surface area (Å²) in [6, 6.07) is 0. The minimum absolute atomic E-state index is 0.491. The highest BCUT2D eigenvalue weighted by atomic mass is 16.5. The fourth-order valence-corrected chi connectivity index (χ4v) is 1.20. The van der Waals surface area contributed by atoms with E-state index in [1.54, 1.807) is 0 Å². The second-order valence-electron chi connectivity index (χ2n) is 4.46. The van der Waals surface area contributed by atoms with Crippen LogP contribution in [0.25, 0.3) is 0 Å². The van der Waals surface area contributed by atoms with Gasteiger partial charge < -0.3 is 15.8 Å². The minimum Gasteiger partial charge on any atom is -0.381 e. The Kier molecular flexibility index (Phi) is 5.93. The van der Waals surface area contributed by atoms with Crippen molar-refractivity contribution in [3.05, 3.63) is 12.2 Å². The third kappa shape index (κ3) is 7.29. The van der Waals surface area contributed by atoms with Gasteiger partial charge in [-0.3, -0.25) is 0 Å². The molecular formula is C12H23N3O. The van der Waals surface area contributed by atoms with Crippen molar-refractivity contribution >= 4 is 5.96 Å². The SMILES string of the molecule is C=C(C)CN=C(N)NCCCOCC1CC1. The lowest BCUT2D eigenvalue weighted by molar-refractivity contribution is 0.123. The van der Waals surface area contributed by atoms with E-state index in [1.807, 2.05) is 6.92 Å². The minimum atomic E-state index is 0.491. The van der Waals surface area contributed by atoms with Gasteiger partial charge in [0, 0.05) is 19.8 Å². The molecule has 3 N–H and O–H groups in total. The second-order valence-corrected chi connectivity index (χ2v) is 4.46. The molecule has 16 heavy (non-hydrogen) atoms. The molecule has 1 saturated carbocycles. The molecule has 0 radical (unpaired) electrons. The standard InChI is InChI=1S/C12H23N3O/c1-10(2)8-15-12(13)14-6-3-7-16-9-11-4-5-11/h11H,1,3-9H2,2H3,(H3,13,14,15). The van der Waals surface area contributed by atoms with Crippen molar-refractivity contribution in [3.63, 3.8) is 0 Å². The molecule has 4 nitrogen and oxygen atoms in total. The lowest BCUT2D eigenvalue weighted by Gasteiger charge is -2.06. The van der Waals surface area contributed by atoms with Crippen molar-refractivity contribution in [3.8, 4) is 0 Å². The third-order valence-corrected chi connectivity index (χ3v) is 2.34. The van der Waals surface area contributed by atoms with E-state index in [-0.39, 0.29) is 0 Å². The maximum Gasteiger partial charge on any atom is 0.188 e. The van der Waals surface area contributed by atoms with Crippen LogP contribution >= 0.6 is 0 Å². The van der Waals surface area contributed by atoms with Crippen LogP contribution < -0.4 is 11.1 Å². The first-order valence-electron chi connectivity index (χ1n) is 5.94. The molecule has 92 valence electrons. The maximum absolute atomic E-state index is 5.65. The molecule has 0 atom stereocenters. The molecule has 4 heteroatoms. The molecule has 1 rings (SSSR count). The number of ether oxygens (including phenoxy) is 1. The lowest BCUT2D eigenvalue weighted by Crippen LogP contribution is -2.33. The van der Waals surface area contributed by atoms with Crippen molar-refractivity contribution in [2.45, 2.75) is 26.2 Å². The normalized spacial score (nSPS) is 16.2. The van der Waals surface area contributed by atoms with E-state index in [0.717, 1.165) is 37.7 Å². The Morgan fingerprint density at radius 1 is 1.56 bits per heavy atom. The van der Waals surface area contributed by atoms with Crippen LogP contribution in [0.5, 0.6) is 0 Å². The fourth-order valence-electron chi connectivity index (χ4n) is 1.20. The van der Waals surface area contributed by atoms with E-state index in [2.05, 4.69) is 16.9 Å². The summed E-state index contributed by atoms with van der Waals surface area (Å²) < 4.78 is 5.50. The predicted molar refractivity (Wildman–Crippen MR) is 67.5 cm³/mol. The summed E-state index contributed by atoms with van der Waals surface area (Å²) in [5, 5.41) is 3.05. The molecular weight excluding hydrogens is 202 g/mol. The molecule has 0 aromatic carbocycles. The number of aliphatic imine (C=N–C) groups is 1. The van der Waals surface area contributed by atoms with Gasteiger partial charge in [-0.05, 0) is 32.1 Å². The largest absolute Gasteiger partial charge is 0.381 e. The van der Waals surface area contributed by atoms with E-state index >= 15 is 0 Å². The van der Waals surface area contributed by atoms with Gasteiger partial charge in [0.15, 0.2) is 5.96 Å². The van der Waals surface area contributed by atoms with Gasteiger partial charge in [-0.2, -0.15) is 0 Å². The first-order valence-corrected chi connectivity index (χ1v) is 5.94. The lowest BCUT2D eigenvalue weighted by atomic mass is 10.4. The maximum atomic E-state index is 5.65. The highest BCUT2D eigenvalue weighted by molar-refractivity contribution is 5.77. The van der Waals surface area contributed by atoms with E-state index in [1.165, 1.54) is 12.8 Å². The average molecular weight is 225 g/mol. The molecule has 0 aliphatic heterocycles. The van der Waals surface area contributed by atoms with Crippen molar-refractivity contribution < 1.29 is 4.74 Å². The first-order chi connectivity index (χ1) is 7.68. The van der Waals surface area contributed by atoms with Gasteiger partial charge in [-0.1, -0.05) is 12.2 Å². The zero-order valence-electron chi connectivity index (χ0n) is 10.2. The van der Waals surface area contributed by atoms with Crippen LogP contribution in [0.4, 0.5) is 0 Å². The molecule has 0 heterocycles. The monoisotopic (exact) mass is 225 g/mol. The number of hydrogen-bond acceptors (Lipinski definition) is 2. The van der Waals surface area contributed by atoms with Crippen LogP contribution in [0.3, 0.4) is 0 Å². The molecule has 1 aliphatic carbocycles. The van der Waals surface area contributed by atoms with Gasteiger partial charge >= 0.3 is 0 Å². The first kappa shape index (κ1) is 13.0. The van der Waals surface area contributed by atoms with Crippen molar-refractivity contribution in [1.29, 1.82) is 0 Å². The molecule has 0 aromatic heterocycles. The quantitative estimate of drug-likeness (QED) is 0.283. The van der Waals surface area contributed by atoms with E-state index in [0.29, 0.717) is 12.5 Å². The number of guanidine groups is 1. The van der Waals surface area contributed by atoms with Crippen LogP contribution in [-0.4, -0.2) is 32.3 Å². The summed E-state index contributed by atoms with van der Waals surface area (Å²) in [6.45, 7) is 8.84. The van der Waals surface area contributed by atoms with Crippen molar-refractivity contribution in [1.82, 2.24) is 5.32 Å². The zero-order chi connectivity index (χ0) is 11.8. The second kappa shape index (κ2) is 7.28. The number of nitrogens with two attached hydrogens (primary N) is 1.